The first-order chi connectivity index (χ1) is 14.3. The van der Waals surface area contributed by atoms with Crippen molar-refractivity contribution in [2.24, 2.45) is 4.99 Å². The Bertz CT molecular complexity index is 1260. The Kier molecular flexibility index (Phi) is 4.38. The number of nitrogens with zero attached hydrogens (tertiary/aromatic N) is 5. The maximum Gasteiger partial charge on any atom is 0.264 e. The molecule has 0 atom stereocenters. The number of carbonyl (C=O) groups is 1. The number of carbonyl (C=O) groups excluding carboxylic acids is 1. The fraction of sp³-hybridized carbons (Fsp3) is 0. The molecule has 0 saturated carbocycles. The summed E-state index contributed by atoms with van der Waals surface area (Å²) in [6.07, 6.45) is 4.97. The van der Waals surface area contributed by atoms with Crippen LogP contribution in [-0.2, 0) is 4.79 Å². The molecule has 2 aromatic carbocycles. The van der Waals surface area contributed by atoms with Crippen molar-refractivity contribution in [2.75, 3.05) is 0 Å². The minimum absolute atomic E-state index is 0.178. The van der Waals surface area contributed by atoms with Gasteiger partial charge in [0.25, 0.3) is 5.91 Å². The molecule has 1 aliphatic rings. The number of fused-ring (bicyclic) bond motifs is 1. The van der Waals surface area contributed by atoms with Crippen molar-refractivity contribution in [3.63, 3.8) is 0 Å². The van der Waals surface area contributed by atoms with Crippen molar-refractivity contribution in [3.8, 4) is 5.69 Å². The molecule has 0 spiro atoms. The Morgan fingerprint density at radius 1 is 1.00 bits per heavy atom. The number of amides is 1. The standard InChI is InChI=1S/C21H14N6OS/c28-20-17(11-14-7-3-1-4-8-14)29-21(26-20)25-18-16-12-24-27(19(16)23-13-22-18)15-9-5-2-6-10-15/h1-13H,(H,22,23,25,26,28)/b17-11-. The number of aromatic nitrogens is 4. The van der Waals surface area contributed by atoms with Crippen LogP contribution in [0.1, 0.15) is 5.56 Å². The molecule has 0 bridgehead atoms. The molecule has 5 rings (SSSR count). The number of nitrogens with one attached hydrogen (secondary N) is 1. The lowest BCUT2D eigenvalue weighted by Crippen LogP contribution is -2.19. The second-order valence-corrected chi connectivity index (χ2v) is 7.25. The number of aliphatic imine (C=N–C) groups is 1. The topological polar surface area (TPSA) is 85.1 Å². The summed E-state index contributed by atoms with van der Waals surface area (Å²) in [6, 6.07) is 19.4. The summed E-state index contributed by atoms with van der Waals surface area (Å²) in [6.45, 7) is 0. The van der Waals surface area contributed by atoms with Gasteiger partial charge in [-0.25, -0.2) is 19.6 Å². The summed E-state index contributed by atoms with van der Waals surface area (Å²) in [5.41, 5.74) is 2.51. The molecule has 0 aliphatic carbocycles. The molecule has 1 N–H and O–H groups in total. The van der Waals surface area contributed by atoms with Crippen LogP contribution in [0.15, 0.2) is 83.1 Å². The number of benzene rings is 2. The predicted molar refractivity (Wildman–Crippen MR) is 114 cm³/mol. The Hall–Kier alpha value is -3.78. The normalized spacial score (nSPS) is 16.6. The molecule has 3 heterocycles. The van der Waals surface area contributed by atoms with Crippen LogP contribution in [0.4, 0.5) is 5.82 Å². The van der Waals surface area contributed by atoms with E-state index in [1.807, 2.05) is 66.7 Å². The molecular formula is C21H14N6OS. The maximum atomic E-state index is 12.3. The van der Waals surface area contributed by atoms with E-state index >= 15 is 0 Å². The molecule has 0 radical (unpaired) electrons. The smallest absolute Gasteiger partial charge is 0.264 e. The van der Waals surface area contributed by atoms with Crippen molar-refractivity contribution in [1.82, 2.24) is 25.1 Å². The van der Waals surface area contributed by atoms with E-state index in [4.69, 9.17) is 0 Å². The number of hydrogen-bond donors (Lipinski definition) is 1. The summed E-state index contributed by atoms with van der Waals surface area (Å²) < 4.78 is 1.74. The fourth-order valence-electron chi connectivity index (χ4n) is 2.96. The Morgan fingerprint density at radius 3 is 2.55 bits per heavy atom. The van der Waals surface area contributed by atoms with E-state index in [1.165, 1.54) is 18.1 Å². The van der Waals surface area contributed by atoms with Crippen LogP contribution in [0.3, 0.4) is 0 Å². The van der Waals surface area contributed by atoms with Gasteiger partial charge in [0.1, 0.15) is 6.33 Å². The van der Waals surface area contributed by atoms with Gasteiger partial charge in [0.2, 0.25) is 0 Å². The zero-order valence-corrected chi connectivity index (χ0v) is 15.9. The highest BCUT2D eigenvalue weighted by molar-refractivity contribution is 8.18. The quantitative estimate of drug-likeness (QED) is 0.532. The van der Waals surface area contributed by atoms with E-state index in [0.717, 1.165) is 11.3 Å². The van der Waals surface area contributed by atoms with Gasteiger partial charge in [0.05, 0.1) is 22.2 Å². The van der Waals surface area contributed by atoms with Crippen LogP contribution in [-0.4, -0.2) is 30.8 Å². The van der Waals surface area contributed by atoms with Gasteiger partial charge in [-0.15, -0.1) is 0 Å². The third-order valence-electron chi connectivity index (χ3n) is 4.30. The van der Waals surface area contributed by atoms with Gasteiger partial charge in [0, 0.05) is 0 Å². The molecule has 7 nitrogen and oxygen atoms in total. The van der Waals surface area contributed by atoms with E-state index in [-0.39, 0.29) is 5.91 Å². The third-order valence-corrected chi connectivity index (χ3v) is 5.21. The van der Waals surface area contributed by atoms with Crippen molar-refractivity contribution in [3.05, 3.63) is 83.7 Å². The molecule has 1 amide bonds. The fourth-order valence-corrected chi connectivity index (χ4v) is 3.78. The van der Waals surface area contributed by atoms with E-state index in [1.54, 1.807) is 10.9 Å². The van der Waals surface area contributed by atoms with E-state index in [0.29, 0.717) is 26.9 Å². The lowest BCUT2D eigenvalue weighted by Gasteiger charge is -2.02. The van der Waals surface area contributed by atoms with Crippen LogP contribution >= 0.6 is 11.8 Å². The molecule has 8 heteroatoms. The average Bonchev–Trinajstić information content (AvgIpc) is 3.34. The SMILES string of the molecule is O=C1N/C(=N\c2ncnc3c2cnn3-c2ccccc2)S/C1=C\c1ccccc1. The Labute approximate surface area is 170 Å². The highest BCUT2D eigenvalue weighted by Crippen LogP contribution is 2.30. The maximum absolute atomic E-state index is 12.3. The lowest BCUT2D eigenvalue weighted by atomic mass is 10.2. The zero-order valence-electron chi connectivity index (χ0n) is 15.1. The summed E-state index contributed by atoms with van der Waals surface area (Å²) in [5.74, 6) is 0.281. The second-order valence-electron chi connectivity index (χ2n) is 6.22. The summed E-state index contributed by atoms with van der Waals surface area (Å²) in [5, 5.41) is 8.40. The van der Waals surface area contributed by atoms with Crippen LogP contribution in [0, 0.1) is 0 Å². The summed E-state index contributed by atoms with van der Waals surface area (Å²) >= 11 is 1.28. The molecular weight excluding hydrogens is 384 g/mol. The molecule has 1 aliphatic heterocycles. The van der Waals surface area contributed by atoms with Gasteiger partial charge in [-0.3, -0.25) is 4.79 Å². The van der Waals surface area contributed by atoms with Gasteiger partial charge >= 0.3 is 0 Å². The van der Waals surface area contributed by atoms with Crippen LogP contribution in [0.2, 0.25) is 0 Å². The lowest BCUT2D eigenvalue weighted by molar-refractivity contribution is -0.115. The molecule has 1 saturated heterocycles. The van der Waals surface area contributed by atoms with Crippen LogP contribution < -0.4 is 5.32 Å². The number of hydrogen-bond acceptors (Lipinski definition) is 6. The molecule has 140 valence electrons. The van der Waals surface area contributed by atoms with E-state index < -0.39 is 0 Å². The van der Waals surface area contributed by atoms with Gasteiger partial charge in [0.15, 0.2) is 16.6 Å². The van der Waals surface area contributed by atoms with Gasteiger partial charge in [-0.1, -0.05) is 48.5 Å². The molecule has 29 heavy (non-hydrogen) atoms. The van der Waals surface area contributed by atoms with E-state index in [9.17, 15) is 4.79 Å². The molecule has 2 aromatic heterocycles. The van der Waals surface area contributed by atoms with Gasteiger partial charge < -0.3 is 5.32 Å². The van der Waals surface area contributed by atoms with Crippen molar-refractivity contribution < 1.29 is 4.79 Å². The first-order valence-corrected chi connectivity index (χ1v) is 9.68. The monoisotopic (exact) mass is 398 g/mol. The first kappa shape index (κ1) is 17.3. The predicted octanol–water partition coefficient (Wildman–Crippen LogP) is 3.71. The minimum Gasteiger partial charge on any atom is -0.300 e. The highest BCUT2D eigenvalue weighted by atomic mass is 32.2. The average molecular weight is 398 g/mol. The number of para-hydroxylation sites is 1. The highest BCUT2D eigenvalue weighted by Gasteiger charge is 2.24. The van der Waals surface area contributed by atoms with Gasteiger partial charge in [-0.2, -0.15) is 5.10 Å². The Balaban J connectivity index is 1.49. The Morgan fingerprint density at radius 2 is 1.76 bits per heavy atom. The zero-order chi connectivity index (χ0) is 19.6. The van der Waals surface area contributed by atoms with E-state index in [2.05, 4.69) is 25.4 Å². The number of thioether (sulfide) groups is 1. The summed E-state index contributed by atoms with van der Waals surface area (Å²) in [4.78, 5) is 26.1. The molecule has 1 fully saturated rings. The van der Waals surface area contributed by atoms with Gasteiger partial charge in [-0.05, 0) is 35.5 Å². The summed E-state index contributed by atoms with van der Waals surface area (Å²) in [7, 11) is 0. The molecule has 0 unspecified atom stereocenters. The number of amidine groups is 1. The second kappa shape index (κ2) is 7.33. The van der Waals surface area contributed by atoms with Crippen molar-refractivity contribution in [2.45, 2.75) is 0 Å². The van der Waals surface area contributed by atoms with Crippen molar-refractivity contribution >= 4 is 45.8 Å². The van der Waals surface area contributed by atoms with Crippen LogP contribution in [0.5, 0.6) is 0 Å². The first-order valence-electron chi connectivity index (χ1n) is 8.87. The largest absolute Gasteiger partial charge is 0.300 e. The molecule has 4 aromatic rings. The van der Waals surface area contributed by atoms with Crippen LogP contribution in [0.25, 0.3) is 22.8 Å². The minimum atomic E-state index is -0.178. The number of rotatable bonds is 3. The van der Waals surface area contributed by atoms with Crippen molar-refractivity contribution in [1.29, 1.82) is 0 Å². The third kappa shape index (κ3) is 3.41.